The molecule has 0 saturated heterocycles. The minimum atomic E-state index is -0.435. The molecule has 0 atom stereocenters. The number of rotatable bonds is 11. The molecule has 5 heteroatoms. The summed E-state index contributed by atoms with van der Waals surface area (Å²) in [6, 6.07) is 20.5. The molecular weight excluding hydrogens is 404 g/mol. The van der Waals surface area contributed by atoms with Crippen molar-refractivity contribution in [2.45, 2.75) is 19.3 Å². The highest BCUT2D eigenvalue weighted by atomic mass is 16.5. The highest BCUT2D eigenvalue weighted by molar-refractivity contribution is 6.11. The lowest BCUT2D eigenvalue weighted by molar-refractivity contribution is 0.0496. The van der Waals surface area contributed by atoms with E-state index in [2.05, 4.69) is 6.58 Å². The molecule has 32 heavy (non-hydrogen) atoms. The van der Waals surface area contributed by atoms with Crippen molar-refractivity contribution in [1.29, 1.82) is 0 Å². The zero-order valence-electron chi connectivity index (χ0n) is 18.3. The highest BCUT2D eigenvalue weighted by Crippen LogP contribution is 2.24. The molecule has 0 unspecified atom stereocenters. The standard InChI is InChI=1S/C27H28O5/c1-20(21-11-5-3-6-12-21)19-31-17-9-4-10-18-32-27(29)25-16-15-24(26(28)30-2)22-13-7-8-14-23(22)25/h3,5-8,11-16H,1,4,9-10,17-19H2,2H3. The van der Waals surface area contributed by atoms with E-state index in [1.54, 1.807) is 24.3 Å². The Morgan fingerprint density at radius 2 is 1.34 bits per heavy atom. The third kappa shape index (κ3) is 6.05. The largest absolute Gasteiger partial charge is 0.465 e. The van der Waals surface area contributed by atoms with Gasteiger partial charge in [-0.3, -0.25) is 0 Å². The van der Waals surface area contributed by atoms with Gasteiger partial charge in [-0.05, 0) is 53.3 Å². The average molecular weight is 433 g/mol. The second-order valence-electron chi connectivity index (χ2n) is 7.42. The highest BCUT2D eigenvalue weighted by Gasteiger charge is 2.17. The van der Waals surface area contributed by atoms with Gasteiger partial charge in [0.05, 0.1) is 31.5 Å². The molecule has 0 spiro atoms. The van der Waals surface area contributed by atoms with E-state index in [9.17, 15) is 9.59 Å². The molecule has 0 aliphatic heterocycles. The van der Waals surface area contributed by atoms with Gasteiger partial charge in [-0.1, -0.05) is 61.2 Å². The Morgan fingerprint density at radius 3 is 2.00 bits per heavy atom. The Bertz CT molecular complexity index is 1070. The maximum Gasteiger partial charge on any atom is 0.338 e. The first-order valence-electron chi connectivity index (χ1n) is 10.7. The quantitative estimate of drug-likeness (QED) is 0.288. The zero-order chi connectivity index (χ0) is 22.8. The minimum Gasteiger partial charge on any atom is -0.465 e. The molecule has 0 aromatic heterocycles. The van der Waals surface area contributed by atoms with Crippen LogP contribution in [0.15, 0.2) is 73.3 Å². The molecule has 5 nitrogen and oxygen atoms in total. The molecule has 0 bridgehead atoms. The van der Waals surface area contributed by atoms with E-state index in [4.69, 9.17) is 14.2 Å². The third-order valence-corrected chi connectivity index (χ3v) is 5.17. The maximum absolute atomic E-state index is 12.6. The van der Waals surface area contributed by atoms with E-state index in [-0.39, 0.29) is 0 Å². The molecule has 0 heterocycles. The normalized spacial score (nSPS) is 10.7. The lowest BCUT2D eigenvalue weighted by atomic mass is 9.99. The van der Waals surface area contributed by atoms with Crippen molar-refractivity contribution in [1.82, 2.24) is 0 Å². The number of hydrogen-bond acceptors (Lipinski definition) is 5. The third-order valence-electron chi connectivity index (χ3n) is 5.17. The van der Waals surface area contributed by atoms with Gasteiger partial charge in [0.15, 0.2) is 0 Å². The molecule has 0 N–H and O–H groups in total. The second kappa shape index (κ2) is 11.8. The van der Waals surface area contributed by atoms with E-state index in [1.807, 2.05) is 42.5 Å². The lowest BCUT2D eigenvalue weighted by Crippen LogP contribution is -2.09. The van der Waals surface area contributed by atoms with E-state index < -0.39 is 11.9 Å². The minimum absolute atomic E-state index is 0.336. The molecule has 0 fully saturated rings. The summed E-state index contributed by atoms with van der Waals surface area (Å²) >= 11 is 0. The number of esters is 2. The number of unbranched alkanes of at least 4 members (excludes halogenated alkanes) is 2. The smallest absolute Gasteiger partial charge is 0.338 e. The molecule has 3 aromatic rings. The van der Waals surface area contributed by atoms with E-state index in [0.29, 0.717) is 41.7 Å². The van der Waals surface area contributed by atoms with Crippen molar-refractivity contribution in [2.75, 3.05) is 26.9 Å². The number of carbonyl (C=O) groups excluding carboxylic acids is 2. The number of carbonyl (C=O) groups is 2. The first-order chi connectivity index (χ1) is 15.6. The van der Waals surface area contributed by atoms with Crippen LogP contribution in [0.25, 0.3) is 16.3 Å². The monoisotopic (exact) mass is 432 g/mol. The number of benzene rings is 3. The van der Waals surface area contributed by atoms with Crippen molar-refractivity contribution >= 4 is 28.3 Å². The summed E-state index contributed by atoms with van der Waals surface area (Å²) in [5.41, 5.74) is 2.92. The summed E-state index contributed by atoms with van der Waals surface area (Å²) < 4.78 is 16.0. The van der Waals surface area contributed by atoms with Crippen LogP contribution in [-0.4, -0.2) is 38.9 Å². The van der Waals surface area contributed by atoms with Crippen LogP contribution in [0.5, 0.6) is 0 Å². The molecule has 3 aromatic carbocycles. The van der Waals surface area contributed by atoms with Crippen molar-refractivity contribution in [3.63, 3.8) is 0 Å². The fourth-order valence-electron chi connectivity index (χ4n) is 3.44. The van der Waals surface area contributed by atoms with Gasteiger partial charge in [0.2, 0.25) is 0 Å². The van der Waals surface area contributed by atoms with Gasteiger partial charge in [0.1, 0.15) is 0 Å². The Hall–Kier alpha value is -3.44. The first kappa shape index (κ1) is 23.2. The van der Waals surface area contributed by atoms with Crippen molar-refractivity contribution in [2.24, 2.45) is 0 Å². The number of ether oxygens (including phenoxy) is 3. The van der Waals surface area contributed by atoms with Crippen LogP contribution in [0.1, 0.15) is 45.5 Å². The van der Waals surface area contributed by atoms with Gasteiger partial charge in [-0.25, -0.2) is 9.59 Å². The average Bonchev–Trinajstić information content (AvgIpc) is 2.84. The summed E-state index contributed by atoms with van der Waals surface area (Å²) in [5.74, 6) is -0.830. The Kier molecular flexibility index (Phi) is 8.58. The molecule has 0 aliphatic carbocycles. The van der Waals surface area contributed by atoms with Crippen LogP contribution >= 0.6 is 0 Å². The van der Waals surface area contributed by atoms with Crippen LogP contribution in [0.2, 0.25) is 0 Å². The first-order valence-corrected chi connectivity index (χ1v) is 10.7. The van der Waals surface area contributed by atoms with E-state index in [0.717, 1.165) is 30.4 Å². The summed E-state index contributed by atoms with van der Waals surface area (Å²) in [6.07, 6.45) is 2.54. The summed E-state index contributed by atoms with van der Waals surface area (Å²) in [6.45, 7) is 5.54. The van der Waals surface area contributed by atoms with Gasteiger partial charge in [-0.15, -0.1) is 0 Å². The topological polar surface area (TPSA) is 61.8 Å². The predicted octanol–water partition coefficient (Wildman–Crippen LogP) is 5.68. The van der Waals surface area contributed by atoms with Crippen molar-refractivity contribution < 1.29 is 23.8 Å². The van der Waals surface area contributed by atoms with Crippen LogP contribution in [0, 0.1) is 0 Å². The summed E-state index contributed by atoms with van der Waals surface area (Å²) in [4.78, 5) is 24.6. The Balaban J connectivity index is 1.40. The molecule has 3 rings (SSSR count). The predicted molar refractivity (Wildman–Crippen MR) is 126 cm³/mol. The Labute approximate surface area is 188 Å². The Morgan fingerprint density at radius 1 is 0.750 bits per heavy atom. The second-order valence-corrected chi connectivity index (χ2v) is 7.42. The van der Waals surface area contributed by atoms with Gasteiger partial charge in [0.25, 0.3) is 0 Å². The van der Waals surface area contributed by atoms with Crippen LogP contribution < -0.4 is 0 Å². The SMILES string of the molecule is C=C(COCCCCCOC(=O)c1ccc(C(=O)OC)c2ccccc12)c1ccccc1. The molecule has 166 valence electrons. The van der Waals surface area contributed by atoms with Gasteiger partial charge in [0, 0.05) is 6.61 Å². The summed E-state index contributed by atoms with van der Waals surface area (Å²) in [7, 11) is 1.34. The van der Waals surface area contributed by atoms with E-state index >= 15 is 0 Å². The molecule has 0 saturated carbocycles. The van der Waals surface area contributed by atoms with Crippen LogP contribution in [-0.2, 0) is 14.2 Å². The van der Waals surface area contributed by atoms with E-state index in [1.165, 1.54) is 7.11 Å². The number of fused-ring (bicyclic) bond motifs is 1. The molecule has 0 aliphatic rings. The molecule has 0 radical (unpaired) electrons. The van der Waals surface area contributed by atoms with Gasteiger partial charge >= 0.3 is 11.9 Å². The fraction of sp³-hybridized carbons (Fsp3) is 0.259. The van der Waals surface area contributed by atoms with Gasteiger partial charge in [-0.2, -0.15) is 0 Å². The maximum atomic E-state index is 12.6. The van der Waals surface area contributed by atoms with Crippen LogP contribution in [0.4, 0.5) is 0 Å². The van der Waals surface area contributed by atoms with Crippen LogP contribution in [0.3, 0.4) is 0 Å². The fourth-order valence-corrected chi connectivity index (χ4v) is 3.44. The van der Waals surface area contributed by atoms with Crippen molar-refractivity contribution in [3.8, 4) is 0 Å². The summed E-state index contributed by atoms with van der Waals surface area (Å²) in [5, 5.41) is 1.34. The number of hydrogen-bond donors (Lipinski definition) is 0. The van der Waals surface area contributed by atoms with Gasteiger partial charge < -0.3 is 14.2 Å². The zero-order valence-corrected chi connectivity index (χ0v) is 18.3. The van der Waals surface area contributed by atoms with Crippen molar-refractivity contribution in [3.05, 3.63) is 90.0 Å². The lowest BCUT2D eigenvalue weighted by Gasteiger charge is -2.10. The molecule has 0 amide bonds. The number of methoxy groups -OCH3 is 1. The molecular formula is C27H28O5.